The third kappa shape index (κ3) is 13.1. The summed E-state index contributed by atoms with van der Waals surface area (Å²) in [5.41, 5.74) is 0. The Morgan fingerprint density at radius 2 is 1.91 bits per heavy atom. The van der Waals surface area contributed by atoms with E-state index < -0.39 is 0 Å². The average Bonchev–Trinajstić information content (AvgIpc) is 2.44. The fraction of sp³-hybridized carbons (Fsp3) is 1.00. The highest BCUT2D eigenvalue weighted by molar-refractivity contribution is 6.27. The highest BCUT2D eigenvalue weighted by Gasteiger charge is 2.00. The summed E-state index contributed by atoms with van der Waals surface area (Å²) >= 11 is 0. The zero-order valence-corrected chi connectivity index (χ0v) is 7.51. The van der Waals surface area contributed by atoms with Gasteiger partial charge in [-0.3, -0.25) is 4.89 Å². The van der Waals surface area contributed by atoms with Crippen LogP contribution >= 0.6 is 0 Å². The van der Waals surface area contributed by atoms with E-state index >= 15 is 0 Å². The molecule has 0 aromatic heterocycles. The van der Waals surface area contributed by atoms with Crippen molar-refractivity contribution in [1.82, 2.24) is 0 Å². The van der Waals surface area contributed by atoms with Gasteiger partial charge in [0.25, 0.3) is 0 Å². The van der Waals surface area contributed by atoms with Gasteiger partial charge in [0.2, 0.25) is 0 Å². The first kappa shape index (κ1) is 13.6. The van der Waals surface area contributed by atoms with Crippen molar-refractivity contribution in [2.45, 2.75) is 39.4 Å². The number of rotatable bonds is 2. The topological polar surface area (TPSA) is 18.5 Å². The molecule has 1 fully saturated rings. The summed E-state index contributed by atoms with van der Waals surface area (Å²) in [6.07, 6.45) is 5.01. The molecular formula is C7H16B2O2. The van der Waals surface area contributed by atoms with Crippen LogP contribution in [0.15, 0.2) is 0 Å². The standard InChI is InChI=1S/C5H12.C2H4BO2.B/c1-3-5-4-2;1-2-4-5-3-1;/h3-5H2,1-2H3;1-2H2;. The summed E-state index contributed by atoms with van der Waals surface area (Å²) in [6, 6.07) is 0. The lowest BCUT2D eigenvalue weighted by atomic mass is 9.99. The molecule has 0 amide bonds. The van der Waals surface area contributed by atoms with Gasteiger partial charge in [0.1, 0.15) is 0 Å². The summed E-state index contributed by atoms with van der Waals surface area (Å²) in [5.74, 6) is 0. The van der Waals surface area contributed by atoms with E-state index in [2.05, 4.69) is 23.5 Å². The van der Waals surface area contributed by atoms with E-state index in [0.717, 1.165) is 12.9 Å². The highest BCUT2D eigenvalue weighted by Crippen LogP contribution is 1.91. The van der Waals surface area contributed by atoms with Gasteiger partial charge in [0, 0.05) is 8.41 Å². The Labute approximate surface area is 72.4 Å². The van der Waals surface area contributed by atoms with Crippen LogP contribution in [0.1, 0.15) is 33.1 Å². The molecule has 4 heteroatoms. The molecule has 62 valence electrons. The van der Waals surface area contributed by atoms with Gasteiger partial charge in [0.05, 0.1) is 6.61 Å². The van der Waals surface area contributed by atoms with Crippen LogP contribution in [0, 0.1) is 0 Å². The molecule has 0 aromatic rings. The number of hydrogen-bond donors (Lipinski definition) is 0. The van der Waals surface area contributed by atoms with Crippen LogP contribution in [-0.4, -0.2) is 22.5 Å². The third-order valence-corrected chi connectivity index (χ3v) is 1.16. The smallest absolute Gasteiger partial charge is 0.311 e. The van der Waals surface area contributed by atoms with Gasteiger partial charge >= 0.3 is 7.48 Å². The summed E-state index contributed by atoms with van der Waals surface area (Å²) < 4.78 is 0. The zero-order chi connectivity index (χ0) is 7.66. The normalized spacial score (nSPS) is 14.0. The van der Waals surface area contributed by atoms with Crippen LogP contribution in [-0.2, 0) is 9.69 Å². The van der Waals surface area contributed by atoms with E-state index in [1.54, 1.807) is 7.48 Å². The molecular weight excluding hydrogens is 138 g/mol. The van der Waals surface area contributed by atoms with Gasteiger partial charge in [-0.2, -0.15) is 0 Å². The molecule has 2 nitrogen and oxygen atoms in total. The largest absolute Gasteiger partial charge is 0.346 e. The molecule has 1 saturated heterocycles. The fourth-order valence-electron chi connectivity index (χ4n) is 0.594. The minimum Gasteiger partial charge on any atom is -0.311 e. The lowest BCUT2D eigenvalue weighted by Crippen LogP contribution is -1.78. The molecule has 1 aliphatic rings. The molecule has 1 rings (SSSR count). The molecule has 0 saturated carbocycles. The Bertz CT molecular complexity index is 48.8. The van der Waals surface area contributed by atoms with Gasteiger partial charge in [-0.25, -0.2) is 0 Å². The first-order valence-corrected chi connectivity index (χ1v) is 4.01. The molecule has 0 aromatic carbocycles. The van der Waals surface area contributed by atoms with Crippen molar-refractivity contribution in [3.8, 4) is 0 Å². The highest BCUT2D eigenvalue weighted by atomic mass is 17.2. The van der Waals surface area contributed by atoms with Crippen molar-refractivity contribution in [1.29, 1.82) is 0 Å². The lowest BCUT2D eigenvalue weighted by molar-refractivity contribution is -0.181. The minimum absolute atomic E-state index is 0. The fourth-order valence-corrected chi connectivity index (χ4v) is 0.594. The van der Waals surface area contributed by atoms with E-state index in [1.807, 2.05) is 0 Å². The molecule has 0 bridgehead atoms. The first-order chi connectivity index (χ1) is 4.91. The molecule has 0 unspecified atom stereocenters. The second-order valence-corrected chi connectivity index (χ2v) is 2.23. The van der Waals surface area contributed by atoms with Crippen molar-refractivity contribution in [2.24, 2.45) is 0 Å². The third-order valence-electron chi connectivity index (χ3n) is 1.16. The predicted octanol–water partition coefficient (Wildman–Crippen LogP) is 1.80. The minimum atomic E-state index is 0. The maximum atomic E-state index is 4.39. The molecule has 0 N–H and O–H groups in total. The van der Waals surface area contributed by atoms with Crippen molar-refractivity contribution in [3.05, 3.63) is 0 Å². The van der Waals surface area contributed by atoms with Gasteiger partial charge in [0.15, 0.2) is 0 Å². The van der Waals surface area contributed by atoms with E-state index in [4.69, 9.17) is 0 Å². The van der Waals surface area contributed by atoms with Crippen LogP contribution in [0.2, 0.25) is 6.32 Å². The first-order valence-electron chi connectivity index (χ1n) is 4.01. The van der Waals surface area contributed by atoms with Crippen LogP contribution in [0.4, 0.5) is 0 Å². The monoisotopic (exact) mass is 154 g/mol. The Morgan fingerprint density at radius 1 is 1.27 bits per heavy atom. The van der Waals surface area contributed by atoms with Crippen molar-refractivity contribution < 1.29 is 9.69 Å². The van der Waals surface area contributed by atoms with Crippen molar-refractivity contribution in [3.63, 3.8) is 0 Å². The molecule has 1 heterocycles. The van der Waals surface area contributed by atoms with Crippen LogP contribution in [0.25, 0.3) is 0 Å². The van der Waals surface area contributed by atoms with Gasteiger partial charge < -0.3 is 4.81 Å². The molecule has 1 aliphatic heterocycles. The Balaban J connectivity index is 0. The van der Waals surface area contributed by atoms with E-state index in [-0.39, 0.29) is 8.41 Å². The van der Waals surface area contributed by atoms with Gasteiger partial charge in [-0.1, -0.05) is 33.1 Å². The van der Waals surface area contributed by atoms with Crippen LogP contribution in [0.3, 0.4) is 0 Å². The zero-order valence-electron chi connectivity index (χ0n) is 7.51. The molecule has 4 radical (unpaired) electrons. The van der Waals surface area contributed by atoms with Crippen molar-refractivity contribution >= 4 is 15.9 Å². The van der Waals surface area contributed by atoms with Gasteiger partial charge in [-0.15, -0.1) is 0 Å². The van der Waals surface area contributed by atoms with E-state index in [0.29, 0.717) is 0 Å². The van der Waals surface area contributed by atoms with E-state index in [9.17, 15) is 0 Å². The van der Waals surface area contributed by atoms with E-state index in [1.165, 1.54) is 19.3 Å². The van der Waals surface area contributed by atoms with Gasteiger partial charge in [-0.05, 0) is 6.32 Å². The number of hydrogen-bond acceptors (Lipinski definition) is 2. The Morgan fingerprint density at radius 3 is 2.00 bits per heavy atom. The Hall–Kier alpha value is 0.0499. The van der Waals surface area contributed by atoms with Crippen LogP contribution < -0.4 is 0 Å². The average molecular weight is 154 g/mol. The molecule has 11 heavy (non-hydrogen) atoms. The lowest BCUT2D eigenvalue weighted by Gasteiger charge is -1.79. The molecule has 0 aliphatic carbocycles. The SMILES string of the molecule is CCCCC.[B].[B]1CCOO1. The molecule has 0 spiro atoms. The maximum Gasteiger partial charge on any atom is 0.346 e. The second kappa shape index (κ2) is 12.7. The number of unbranched alkanes of at least 4 members (excludes halogenated alkanes) is 2. The summed E-state index contributed by atoms with van der Waals surface area (Å²) in [4.78, 5) is 8.71. The predicted molar refractivity (Wildman–Crippen MR) is 48.6 cm³/mol. The summed E-state index contributed by atoms with van der Waals surface area (Å²) in [5, 5.41) is 0. The molecule has 0 atom stereocenters. The maximum absolute atomic E-state index is 4.39. The van der Waals surface area contributed by atoms with Crippen molar-refractivity contribution in [2.75, 3.05) is 6.61 Å². The second-order valence-electron chi connectivity index (χ2n) is 2.23. The Kier molecular flexibility index (Phi) is 15.7. The summed E-state index contributed by atoms with van der Waals surface area (Å²) in [7, 11) is 1.64. The summed E-state index contributed by atoms with van der Waals surface area (Å²) in [6.45, 7) is 5.15. The quantitative estimate of drug-likeness (QED) is 0.445. The van der Waals surface area contributed by atoms with Crippen LogP contribution in [0.5, 0.6) is 0 Å².